The van der Waals surface area contributed by atoms with Gasteiger partial charge in [0, 0.05) is 24.4 Å². The summed E-state index contributed by atoms with van der Waals surface area (Å²) >= 11 is 5.85. The number of carbonyl (C=O) groups is 1. The third-order valence-corrected chi connectivity index (χ3v) is 2.96. The number of phenolic OH excluding ortho intramolecular Hbond substituents is 1. The first-order valence-corrected chi connectivity index (χ1v) is 6.17. The van der Waals surface area contributed by atoms with Crippen molar-refractivity contribution < 1.29 is 14.6 Å². The van der Waals surface area contributed by atoms with Crippen LogP contribution >= 0.6 is 11.6 Å². The number of hydrogen-bond acceptors (Lipinski definition) is 4. The van der Waals surface area contributed by atoms with Crippen LogP contribution in [0.25, 0.3) is 0 Å². The molecule has 1 aromatic carbocycles. The summed E-state index contributed by atoms with van der Waals surface area (Å²) in [4.78, 5) is 17.7. The molecule has 0 unspecified atom stereocenters. The molecule has 0 saturated heterocycles. The topological polar surface area (TPSA) is 62.7 Å². The Bertz CT molecular complexity index is 629. The van der Waals surface area contributed by atoms with E-state index in [9.17, 15) is 9.90 Å². The van der Waals surface area contributed by atoms with E-state index in [1.54, 1.807) is 19.2 Å². The Hall–Kier alpha value is -2.27. The number of aromatic nitrogens is 1. The van der Waals surface area contributed by atoms with E-state index < -0.39 is 0 Å². The molecular formula is C14H13ClN2O3. The highest BCUT2D eigenvalue weighted by Gasteiger charge is 2.15. The zero-order valence-corrected chi connectivity index (χ0v) is 11.8. The molecule has 1 heterocycles. The molecule has 0 radical (unpaired) electrons. The number of aromatic hydroxyl groups is 1. The van der Waals surface area contributed by atoms with Gasteiger partial charge in [-0.1, -0.05) is 11.6 Å². The molecule has 5 nitrogen and oxygen atoms in total. The Kier molecular flexibility index (Phi) is 4.10. The average Bonchev–Trinajstić information content (AvgIpc) is 2.45. The quantitative estimate of drug-likeness (QED) is 0.884. The molecule has 6 heteroatoms. The van der Waals surface area contributed by atoms with Gasteiger partial charge in [-0.2, -0.15) is 0 Å². The lowest BCUT2D eigenvalue weighted by Crippen LogP contribution is -2.26. The van der Waals surface area contributed by atoms with Crippen LogP contribution < -0.4 is 9.64 Å². The average molecular weight is 293 g/mol. The fourth-order valence-electron chi connectivity index (χ4n) is 1.69. The first-order valence-electron chi connectivity index (χ1n) is 5.80. The van der Waals surface area contributed by atoms with E-state index in [1.165, 1.54) is 36.3 Å². The number of amides is 1. The molecule has 0 aliphatic heterocycles. The van der Waals surface area contributed by atoms with Gasteiger partial charge in [0.05, 0.1) is 7.11 Å². The van der Waals surface area contributed by atoms with Crippen LogP contribution in [0, 0.1) is 0 Å². The lowest BCUT2D eigenvalue weighted by atomic mass is 10.2. The van der Waals surface area contributed by atoms with E-state index in [2.05, 4.69) is 4.98 Å². The molecule has 0 aliphatic rings. The van der Waals surface area contributed by atoms with Crippen molar-refractivity contribution in [3.8, 4) is 11.6 Å². The van der Waals surface area contributed by atoms with Crippen LogP contribution in [0.15, 0.2) is 36.4 Å². The van der Waals surface area contributed by atoms with Gasteiger partial charge >= 0.3 is 0 Å². The van der Waals surface area contributed by atoms with Gasteiger partial charge in [-0.05, 0) is 30.3 Å². The largest absolute Gasteiger partial charge is 0.508 e. The fraction of sp³-hybridized carbons (Fsp3) is 0.143. The molecule has 1 amide bonds. The van der Waals surface area contributed by atoms with Crippen molar-refractivity contribution in [3.05, 3.63) is 47.1 Å². The van der Waals surface area contributed by atoms with Crippen LogP contribution in [0.1, 0.15) is 10.4 Å². The number of rotatable bonds is 3. The summed E-state index contributed by atoms with van der Waals surface area (Å²) in [6.07, 6.45) is 0. The zero-order valence-electron chi connectivity index (χ0n) is 11.0. The maximum Gasteiger partial charge on any atom is 0.258 e. The number of anilines is 1. The van der Waals surface area contributed by atoms with Gasteiger partial charge in [-0.3, -0.25) is 4.79 Å². The third kappa shape index (κ3) is 3.00. The van der Waals surface area contributed by atoms with Gasteiger partial charge in [0.15, 0.2) is 0 Å². The summed E-state index contributed by atoms with van der Waals surface area (Å²) < 4.78 is 4.99. The number of phenols is 1. The smallest absolute Gasteiger partial charge is 0.258 e. The minimum atomic E-state index is -0.252. The number of methoxy groups -OCH3 is 1. The predicted molar refractivity (Wildman–Crippen MR) is 76.6 cm³/mol. The normalized spacial score (nSPS) is 10.2. The summed E-state index contributed by atoms with van der Waals surface area (Å²) in [6.45, 7) is 0. The zero-order chi connectivity index (χ0) is 14.7. The summed E-state index contributed by atoms with van der Waals surface area (Å²) in [5, 5.41) is 9.44. The first kappa shape index (κ1) is 14.1. The van der Waals surface area contributed by atoms with Crippen LogP contribution in [-0.2, 0) is 0 Å². The second-order valence-electron chi connectivity index (χ2n) is 4.10. The highest BCUT2D eigenvalue weighted by Crippen LogP contribution is 2.22. The van der Waals surface area contributed by atoms with Crippen LogP contribution in [0.5, 0.6) is 11.6 Å². The Labute approximate surface area is 121 Å². The number of ether oxygens (including phenoxy) is 1. The molecule has 20 heavy (non-hydrogen) atoms. The van der Waals surface area contributed by atoms with E-state index in [-0.39, 0.29) is 22.7 Å². The monoisotopic (exact) mass is 292 g/mol. The predicted octanol–water partition coefficient (Wildman–Crippen LogP) is 2.73. The number of benzene rings is 1. The maximum absolute atomic E-state index is 12.4. The van der Waals surface area contributed by atoms with Gasteiger partial charge in [0.25, 0.3) is 5.91 Å². The Morgan fingerprint density at radius 2 is 1.95 bits per heavy atom. The Morgan fingerprint density at radius 1 is 1.30 bits per heavy atom. The number of halogens is 1. The van der Waals surface area contributed by atoms with E-state index >= 15 is 0 Å². The third-order valence-electron chi connectivity index (χ3n) is 2.77. The van der Waals surface area contributed by atoms with Crippen LogP contribution in [-0.4, -0.2) is 30.2 Å². The van der Waals surface area contributed by atoms with Gasteiger partial charge in [0.1, 0.15) is 10.9 Å². The molecule has 0 spiro atoms. The second-order valence-corrected chi connectivity index (χ2v) is 4.49. The summed E-state index contributed by atoms with van der Waals surface area (Å²) in [5.41, 5.74) is 1.03. The minimum absolute atomic E-state index is 0.142. The summed E-state index contributed by atoms with van der Waals surface area (Å²) in [5.74, 6) is 0.168. The van der Waals surface area contributed by atoms with Gasteiger partial charge < -0.3 is 14.7 Å². The van der Waals surface area contributed by atoms with Crippen LogP contribution in [0.2, 0.25) is 5.15 Å². The summed E-state index contributed by atoms with van der Waals surface area (Å²) in [6, 6.07) is 9.31. The first-order chi connectivity index (χ1) is 9.51. The lowest BCUT2D eigenvalue weighted by Gasteiger charge is -2.17. The van der Waals surface area contributed by atoms with E-state index in [1.807, 2.05) is 0 Å². The molecule has 104 valence electrons. The van der Waals surface area contributed by atoms with Crippen LogP contribution in [0.3, 0.4) is 0 Å². The van der Waals surface area contributed by atoms with Crippen molar-refractivity contribution >= 4 is 23.2 Å². The van der Waals surface area contributed by atoms with Crippen molar-refractivity contribution in [2.75, 3.05) is 19.1 Å². The molecule has 0 aliphatic carbocycles. The molecule has 2 rings (SSSR count). The standard InChI is InChI=1S/C14H13ClN2O3/c1-17(10-3-5-11(18)6-4-10)14(19)9-7-12(15)16-13(8-9)20-2/h3-8,18H,1-2H3. The highest BCUT2D eigenvalue weighted by atomic mass is 35.5. The minimum Gasteiger partial charge on any atom is -0.508 e. The highest BCUT2D eigenvalue weighted by molar-refractivity contribution is 6.30. The van der Waals surface area contributed by atoms with Gasteiger partial charge in [-0.25, -0.2) is 4.98 Å². The van der Waals surface area contributed by atoms with Crippen molar-refractivity contribution in [3.63, 3.8) is 0 Å². The Morgan fingerprint density at radius 3 is 2.55 bits per heavy atom. The van der Waals surface area contributed by atoms with Crippen molar-refractivity contribution in [1.82, 2.24) is 4.98 Å². The molecular weight excluding hydrogens is 280 g/mol. The number of pyridine rings is 1. The SMILES string of the molecule is COc1cc(C(=O)N(C)c2ccc(O)cc2)cc(Cl)n1. The molecule has 1 N–H and O–H groups in total. The molecule has 2 aromatic rings. The van der Waals surface area contributed by atoms with Crippen molar-refractivity contribution in [2.24, 2.45) is 0 Å². The van der Waals surface area contributed by atoms with E-state index in [4.69, 9.17) is 16.3 Å². The fourth-order valence-corrected chi connectivity index (χ4v) is 1.89. The molecule has 1 aromatic heterocycles. The molecule has 0 fully saturated rings. The second kappa shape index (κ2) is 5.79. The summed E-state index contributed by atoms with van der Waals surface area (Å²) in [7, 11) is 3.09. The lowest BCUT2D eigenvalue weighted by molar-refractivity contribution is 0.0992. The van der Waals surface area contributed by atoms with E-state index in [0.717, 1.165) is 0 Å². The van der Waals surface area contributed by atoms with Crippen molar-refractivity contribution in [2.45, 2.75) is 0 Å². The number of nitrogens with zero attached hydrogens (tertiary/aromatic N) is 2. The van der Waals surface area contributed by atoms with Gasteiger partial charge in [-0.15, -0.1) is 0 Å². The van der Waals surface area contributed by atoms with Crippen molar-refractivity contribution in [1.29, 1.82) is 0 Å². The molecule has 0 saturated carbocycles. The Balaban J connectivity index is 2.30. The molecule has 0 atom stereocenters. The number of carbonyl (C=O) groups excluding carboxylic acids is 1. The van der Waals surface area contributed by atoms with Crippen LogP contribution in [0.4, 0.5) is 5.69 Å². The number of hydrogen-bond donors (Lipinski definition) is 1. The maximum atomic E-state index is 12.4. The van der Waals surface area contributed by atoms with E-state index in [0.29, 0.717) is 11.3 Å². The van der Waals surface area contributed by atoms with Gasteiger partial charge in [0.2, 0.25) is 5.88 Å². The molecule has 0 bridgehead atoms.